The second-order valence-corrected chi connectivity index (χ2v) is 4.31. The molecule has 66 valence electrons. The van der Waals surface area contributed by atoms with Crippen molar-refractivity contribution in [1.82, 2.24) is 0 Å². The van der Waals surface area contributed by atoms with E-state index in [0.29, 0.717) is 0 Å². The zero-order valence-corrected chi connectivity index (χ0v) is 9.14. The Labute approximate surface area is 87.3 Å². The van der Waals surface area contributed by atoms with Gasteiger partial charge in [-0.25, -0.2) is 0 Å². The summed E-state index contributed by atoms with van der Waals surface area (Å²) in [6.07, 6.45) is 3.07. The maximum atomic E-state index is 5.96. The van der Waals surface area contributed by atoms with E-state index in [1.807, 2.05) is 30.0 Å². The summed E-state index contributed by atoms with van der Waals surface area (Å²) >= 11 is 13.6. The maximum absolute atomic E-state index is 5.96. The van der Waals surface area contributed by atoms with Crippen molar-refractivity contribution >= 4 is 35.0 Å². The largest absolute Gasteiger partial charge is 0.165 e. The molecule has 0 fully saturated rings. The smallest absolute Gasteiger partial charge is 0.0439 e. The minimum absolute atomic E-state index is 0.760. The second-order valence-electron chi connectivity index (χ2n) is 2.48. The van der Waals surface area contributed by atoms with E-state index in [0.717, 1.165) is 27.8 Å². The molecule has 0 amide bonds. The van der Waals surface area contributed by atoms with Crippen molar-refractivity contribution < 1.29 is 0 Å². The van der Waals surface area contributed by atoms with Gasteiger partial charge in [-0.1, -0.05) is 23.2 Å². The van der Waals surface area contributed by atoms with Gasteiger partial charge in [-0.2, -0.15) is 11.8 Å². The highest BCUT2D eigenvalue weighted by molar-refractivity contribution is 7.98. The van der Waals surface area contributed by atoms with Crippen LogP contribution in [0.25, 0.3) is 0 Å². The fraction of sp³-hybridized carbons (Fsp3) is 0.333. The maximum Gasteiger partial charge on any atom is 0.0439 e. The van der Waals surface area contributed by atoms with Gasteiger partial charge >= 0.3 is 0 Å². The molecule has 0 aromatic heterocycles. The van der Waals surface area contributed by atoms with Gasteiger partial charge in [0.25, 0.3) is 0 Å². The van der Waals surface area contributed by atoms with Crippen LogP contribution in [0.3, 0.4) is 0 Å². The Balaban J connectivity index is 2.75. The van der Waals surface area contributed by atoms with Crippen molar-refractivity contribution in [2.75, 3.05) is 12.0 Å². The lowest BCUT2D eigenvalue weighted by atomic mass is 10.2. The van der Waals surface area contributed by atoms with Crippen molar-refractivity contribution in [1.29, 1.82) is 0 Å². The van der Waals surface area contributed by atoms with Crippen molar-refractivity contribution in [3.8, 4) is 0 Å². The van der Waals surface area contributed by atoms with Crippen LogP contribution in [0, 0.1) is 0 Å². The molecule has 1 aromatic carbocycles. The number of benzene rings is 1. The molecule has 0 atom stereocenters. The van der Waals surface area contributed by atoms with Crippen LogP contribution < -0.4 is 0 Å². The molecule has 0 saturated carbocycles. The first-order valence-corrected chi connectivity index (χ1v) is 5.82. The van der Waals surface area contributed by atoms with Crippen molar-refractivity contribution in [2.24, 2.45) is 0 Å². The molecule has 0 heterocycles. The first kappa shape index (κ1) is 10.2. The molecular weight excluding hydrogens is 211 g/mol. The predicted molar refractivity (Wildman–Crippen MR) is 58.5 cm³/mol. The summed E-state index contributed by atoms with van der Waals surface area (Å²) in [6, 6.07) is 5.59. The van der Waals surface area contributed by atoms with Gasteiger partial charge in [0.15, 0.2) is 0 Å². The molecule has 1 rings (SSSR count). The fourth-order valence-electron chi connectivity index (χ4n) is 0.947. The molecular formula is C9H10Cl2S. The lowest BCUT2D eigenvalue weighted by molar-refractivity contribution is 1.16. The first-order chi connectivity index (χ1) is 5.74. The Hall–Kier alpha value is 0.150. The highest BCUT2D eigenvalue weighted by atomic mass is 35.5. The number of aryl methyl sites for hydroxylation is 1. The molecule has 1 aromatic rings. The second kappa shape index (κ2) is 5.00. The van der Waals surface area contributed by atoms with Gasteiger partial charge in [-0.15, -0.1) is 0 Å². The van der Waals surface area contributed by atoms with Gasteiger partial charge < -0.3 is 0 Å². The van der Waals surface area contributed by atoms with Crippen LogP contribution in [0.5, 0.6) is 0 Å². The molecule has 0 nitrogen and oxygen atoms in total. The monoisotopic (exact) mass is 220 g/mol. The molecule has 0 radical (unpaired) electrons. The van der Waals surface area contributed by atoms with Crippen LogP contribution in [-0.4, -0.2) is 12.0 Å². The number of hydrogen-bond donors (Lipinski definition) is 0. The minimum atomic E-state index is 0.760. The summed E-state index contributed by atoms with van der Waals surface area (Å²) in [7, 11) is 0. The number of rotatable bonds is 3. The third-order valence-electron chi connectivity index (χ3n) is 1.58. The predicted octanol–water partition coefficient (Wildman–Crippen LogP) is 3.90. The molecule has 0 aliphatic rings. The molecule has 0 aliphatic heterocycles. The average Bonchev–Trinajstić information content (AvgIpc) is 2.07. The number of hydrogen-bond acceptors (Lipinski definition) is 1. The van der Waals surface area contributed by atoms with E-state index < -0.39 is 0 Å². The SMILES string of the molecule is CSCCc1cc(Cl)ccc1Cl. The van der Waals surface area contributed by atoms with Crippen molar-refractivity contribution in [3.63, 3.8) is 0 Å². The summed E-state index contributed by atoms with van der Waals surface area (Å²) in [5, 5.41) is 1.57. The van der Waals surface area contributed by atoms with Gasteiger partial charge in [0, 0.05) is 10.0 Å². The molecule has 0 aliphatic carbocycles. The lowest BCUT2D eigenvalue weighted by Crippen LogP contribution is -1.88. The van der Waals surface area contributed by atoms with Crippen LogP contribution in [0.1, 0.15) is 5.56 Å². The Bertz CT molecular complexity index is 261. The van der Waals surface area contributed by atoms with Gasteiger partial charge in [0.05, 0.1) is 0 Å². The van der Waals surface area contributed by atoms with E-state index >= 15 is 0 Å². The van der Waals surface area contributed by atoms with Gasteiger partial charge in [-0.05, 0) is 42.2 Å². The van der Waals surface area contributed by atoms with Gasteiger partial charge in [0.1, 0.15) is 0 Å². The summed E-state index contributed by atoms with van der Waals surface area (Å²) in [5.74, 6) is 1.08. The lowest BCUT2D eigenvalue weighted by Gasteiger charge is -2.02. The zero-order valence-electron chi connectivity index (χ0n) is 6.81. The van der Waals surface area contributed by atoms with Crippen LogP contribution in [0.15, 0.2) is 18.2 Å². The molecule has 0 saturated heterocycles. The van der Waals surface area contributed by atoms with Crippen LogP contribution >= 0.6 is 35.0 Å². The Morgan fingerprint density at radius 3 is 2.75 bits per heavy atom. The highest BCUT2D eigenvalue weighted by Crippen LogP contribution is 2.21. The van der Waals surface area contributed by atoms with E-state index in [4.69, 9.17) is 23.2 Å². The summed E-state index contributed by atoms with van der Waals surface area (Å²) in [6.45, 7) is 0. The third-order valence-corrected chi connectivity index (χ3v) is 2.80. The summed E-state index contributed by atoms with van der Waals surface area (Å²) in [5.41, 5.74) is 1.14. The van der Waals surface area contributed by atoms with E-state index in [1.165, 1.54) is 0 Å². The number of thioether (sulfide) groups is 1. The quantitative estimate of drug-likeness (QED) is 0.745. The van der Waals surface area contributed by atoms with E-state index in [1.54, 1.807) is 0 Å². The van der Waals surface area contributed by atoms with Gasteiger partial charge in [-0.3, -0.25) is 0 Å². The molecule has 12 heavy (non-hydrogen) atoms. The topological polar surface area (TPSA) is 0 Å². The third kappa shape index (κ3) is 2.89. The summed E-state index contributed by atoms with van der Waals surface area (Å²) < 4.78 is 0. The van der Waals surface area contributed by atoms with E-state index in [2.05, 4.69) is 6.26 Å². The fourth-order valence-corrected chi connectivity index (χ4v) is 1.78. The minimum Gasteiger partial charge on any atom is -0.165 e. The molecule has 3 heteroatoms. The average molecular weight is 221 g/mol. The molecule has 0 unspecified atom stereocenters. The first-order valence-electron chi connectivity index (χ1n) is 3.67. The Morgan fingerprint density at radius 1 is 1.33 bits per heavy atom. The standard InChI is InChI=1S/C9H10Cl2S/c1-12-5-4-7-6-8(10)2-3-9(7)11/h2-3,6H,4-5H2,1H3. The molecule has 0 bridgehead atoms. The zero-order chi connectivity index (χ0) is 8.97. The van der Waals surface area contributed by atoms with E-state index in [9.17, 15) is 0 Å². The van der Waals surface area contributed by atoms with Crippen LogP contribution in [-0.2, 0) is 6.42 Å². The van der Waals surface area contributed by atoms with Crippen molar-refractivity contribution in [3.05, 3.63) is 33.8 Å². The Morgan fingerprint density at radius 2 is 2.08 bits per heavy atom. The van der Waals surface area contributed by atoms with Crippen LogP contribution in [0.2, 0.25) is 10.0 Å². The number of halogens is 2. The normalized spacial score (nSPS) is 10.2. The summed E-state index contributed by atoms with van der Waals surface area (Å²) in [4.78, 5) is 0. The van der Waals surface area contributed by atoms with Gasteiger partial charge in [0.2, 0.25) is 0 Å². The van der Waals surface area contributed by atoms with E-state index in [-0.39, 0.29) is 0 Å². The molecule has 0 N–H and O–H groups in total. The highest BCUT2D eigenvalue weighted by Gasteiger charge is 1.99. The van der Waals surface area contributed by atoms with Crippen LogP contribution in [0.4, 0.5) is 0 Å². The van der Waals surface area contributed by atoms with Crippen molar-refractivity contribution in [2.45, 2.75) is 6.42 Å². The molecule has 0 spiro atoms. The Kier molecular flexibility index (Phi) is 4.27.